The maximum atomic E-state index is 11.4. The second kappa shape index (κ2) is 7.71. The van der Waals surface area contributed by atoms with Gasteiger partial charge in [0.2, 0.25) is 5.91 Å². The average molecular weight is 251 g/mol. The predicted octanol–water partition coefficient (Wildman–Crippen LogP) is 1.51. The van der Waals surface area contributed by atoms with Gasteiger partial charge in [-0.3, -0.25) is 4.79 Å². The molecule has 0 aromatic heterocycles. The van der Waals surface area contributed by atoms with Crippen molar-refractivity contribution >= 4 is 5.91 Å². The summed E-state index contributed by atoms with van der Waals surface area (Å²) in [5.41, 5.74) is 1.16. The fourth-order valence-electron chi connectivity index (χ4n) is 1.57. The van der Waals surface area contributed by atoms with Crippen LogP contribution in [-0.4, -0.2) is 30.8 Å². The lowest BCUT2D eigenvalue weighted by atomic mass is 10.1. The Bertz CT molecular complexity index is 360. The van der Waals surface area contributed by atoms with Gasteiger partial charge in [-0.25, -0.2) is 0 Å². The Morgan fingerprint density at radius 2 is 2.06 bits per heavy atom. The van der Waals surface area contributed by atoms with Crippen molar-refractivity contribution in [2.45, 2.75) is 32.3 Å². The van der Waals surface area contributed by atoms with Crippen LogP contribution in [0.15, 0.2) is 24.3 Å². The molecule has 0 spiro atoms. The number of aliphatic hydroxyl groups excluding tert-OH is 1. The summed E-state index contributed by atoms with van der Waals surface area (Å²) >= 11 is 0. The topological polar surface area (TPSA) is 58.6 Å². The van der Waals surface area contributed by atoms with Crippen LogP contribution in [-0.2, 0) is 11.2 Å². The molecular formula is C14H21NO3. The third-order valence-corrected chi connectivity index (χ3v) is 2.68. The lowest BCUT2D eigenvalue weighted by Gasteiger charge is -2.07. The van der Waals surface area contributed by atoms with Crippen molar-refractivity contribution < 1.29 is 14.6 Å². The number of aliphatic hydroxyl groups is 1. The van der Waals surface area contributed by atoms with E-state index in [2.05, 4.69) is 5.32 Å². The Morgan fingerprint density at radius 3 is 2.61 bits per heavy atom. The highest BCUT2D eigenvalue weighted by molar-refractivity contribution is 5.75. The van der Waals surface area contributed by atoms with Crippen molar-refractivity contribution in [2.24, 2.45) is 0 Å². The van der Waals surface area contributed by atoms with E-state index in [0.717, 1.165) is 17.7 Å². The van der Waals surface area contributed by atoms with Gasteiger partial charge in [0.25, 0.3) is 0 Å². The fraction of sp³-hybridized carbons (Fsp3) is 0.500. The van der Waals surface area contributed by atoms with E-state index in [1.165, 1.54) is 0 Å². The SMILES string of the molecule is COc1ccc(CCNC(=O)CCC(C)O)cc1. The molecule has 0 bridgehead atoms. The van der Waals surface area contributed by atoms with Gasteiger partial charge < -0.3 is 15.2 Å². The van der Waals surface area contributed by atoms with Gasteiger partial charge >= 0.3 is 0 Å². The van der Waals surface area contributed by atoms with Crippen LogP contribution in [0.25, 0.3) is 0 Å². The molecular weight excluding hydrogens is 230 g/mol. The van der Waals surface area contributed by atoms with Gasteiger partial charge in [0.15, 0.2) is 0 Å². The summed E-state index contributed by atoms with van der Waals surface area (Å²) in [4.78, 5) is 11.4. The number of rotatable bonds is 7. The van der Waals surface area contributed by atoms with Crippen molar-refractivity contribution in [2.75, 3.05) is 13.7 Å². The summed E-state index contributed by atoms with van der Waals surface area (Å²) < 4.78 is 5.07. The first-order valence-corrected chi connectivity index (χ1v) is 6.19. The number of carbonyl (C=O) groups excluding carboxylic acids is 1. The highest BCUT2D eigenvalue weighted by Crippen LogP contribution is 2.11. The maximum Gasteiger partial charge on any atom is 0.220 e. The van der Waals surface area contributed by atoms with Gasteiger partial charge in [-0.1, -0.05) is 12.1 Å². The highest BCUT2D eigenvalue weighted by atomic mass is 16.5. The maximum absolute atomic E-state index is 11.4. The van der Waals surface area contributed by atoms with Gasteiger partial charge in [-0.15, -0.1) is 0 Å². The van der Waals surface area contributed by atoms with E-state index in [4.69, 9.17) is 9.84 Å². The number of carbonyl (C=O) groups is 1. The molecule has 0 fully saturated rings. The molecule has 0 saturated carbocycles. The second-order valence-electron chi connectivity index (χ2n) is 4.34. The van der Waals surface area contributed by atoms with E-state index < -0.39 is 6.10 Å². The van der Waals surface area contributed by atoms with Gasteiger partial charge in [0.05, 0.1) is 13.2 Å². The normalized spacial score (nSPS) is 11.9. The van der Waals surface area contributed by atoms with E-state index in [-0.39, 0.29) is 5.91 Å². The van der Waals surface area contributed by atoms with Crippen LogP contribution in [0.1, 0.15) is 25.3 Å². The van der Waals surface area contributed by atoms with Gasteiger partial charge in [0.1, 0.15) is 5.75 Å². The molecule has 4 nitrogen and oxygen atoms in total. The third kappa shape index (κ3) is 5.68. The molecule has 18 heavy (non-hydrogen) atoms. The summed E-state index contributed by atoms with van der Waals surface area (Å²) in [5, 5.41) is 11.9. The standard InChI is InChI=1S/C14H21NO3/c1-11(16)3-8-14(17)15-10-9-12-4-6-13(18-2)7-5-12/h4-7,11,16H,3,8-10H2,1-2H3,(H,15,17). The fourth-order valence-corrected chi connectivity index (χ4v) is 1.57. The quantitative estimate of drug-likeness (QED) is 0.772. The largest absolute Gasteiger partial charge is 0.497 e. The molecule has 1 amide bonds. The summed E-state index contributed by atoms with van der Waals surface area (Å²) in [6, 6.07) is 7.79. The van der Waals surface area contributed by atoms with E-state index in [1.54, 1.807) is 14.0 Å². The smallest absolute Gasteiger partial charge is 0.220 e. The molecule has 0 radical (unpaired) electrons. The number of methoxy groups -OCH3 is 1. The van der Waals surface area contributed by atoms with Crippen LogP contribution in [0, 0.1) is 0 Å². The first-order valence-electron chi connectivity index (χ1n) is 6.19. The number of ether oxygens (including phenoxy) is 1. The zero-order chi connectivity index (χ0) is 13.4. The Balaban J connectivity index is 2.22. The molecule has 0 aliphatic rings. The van der Waals surface area contributed by atoms with Gasteiger partial charge in [0, 0.05) is 13.0 Å². The minimum Gasteiger partial charge on any atom is -0.497 e. The summed E-state index contributed by atoms with van der Waals surface area (Å²) in [6.45, 7) is 2.30. The third-order valence-electron chi connectivity index (χ3n) is 2.68. The number of amides is 1. The molecule has 1 rings (SSSR count). The second-order valence-corrected chi connectivity index (χ2v) is 4.34. The molecule has 2 N–H and O–H groups in total. The molecule has 1 aromatic carbocycles. The van der Waals surface area contributed by atoms with Gasteiger partial charge in [-0.05, 0) is 37.5 Å². The molecule has 1 unspecified atom stereocenters. The molecule has 0 saturated heterocycles. The Labute approximate surface area is 108 Å². The van der Waals surface area contributed by atoms with Gasteiger partial charge in [-0.2, -0.15) is 0 Å². The molecule has 0 aliphatic carbocycles. The summed E-state index contributed by atoms with van der Waals surface area (Å²) in [7, 11) is 1.64. The zero-order valence-electron chi connectivity index (χ0n) is 11.0. The molecule has 1 atom stereocenters. The van der Waals surface area contributed by atoms with Crippen molar-refractivity contribution in [1.29, 1.82) is 0 Å². The lowest BCUT2D eigenvalue weighted by Crippen LogP contribution is -2.26. The van der Waals surface area contributed by atoms with E-state index in [0.29, 0.717) is 19.4 Å². The monoisotopic (exact) mass is 251 g/mol. The molecule has 0 heterocycles. The highest BCUT2D eigenvalue weighted by Gasteiger charge is 2.03. The Hall–Kier alpha value is -1.55. The molecule has 1 aromatic rings. The molecule has 100 valence electrons. The Kier molecular flexibility index (Phi) is 6.22. The number of hydrogen-bond donors (Lipinski definition) is 2. The number of benzene rings is 1. The minimum absolute atomic E-state index is 0.00980. The minimum atomic E-state index is -0.419. The predicted molar refractivity (Wildman–Crippen MR) is 70.6 cm³/mol. The van der Waals surface area contributed by atoms with Crippen LogP contribution in [0.3, 0.4) is 0 Å². The average Bonchev–Trinajstić information content (AvgIpc) is 2.37. The summed E-state index contributed by atoms with van der Waals surface area (Å²) in [6.07, 6.45) is 1.26. The van der Waals surface area contributed by atoms with Crippen molar-refractivity contribution in [3.63, 3.8) is 0 Å². The number of nitrogens with one attached hydrogen (secondary N) is 1. The zero-order valence-corrected chi connectivity index (χ0v) is 11.0. The van der Waals surface area contributed by atoms with Crippen LogP contribution in [0.4, 0.5) is 0 Å². The van der Waals surface area contributed by atoms with Crippen molar-refractivity contribution in [3.05, 3.63) is 29.8 Å². The number of hydrogen-bond acceptors (Lipinski definition) is 3. The van der Waals surface area contributed by atoms with Crippen molar-refractivity contribution in [3.8, 4) is 5.75 Å². The lowest BCUT2D eigenvalue weighted by molar-refractivity contribution is -0.121. The van der Waals surface area contributed by atoms with E-state index in [9.17, 15) is 4.79 Å². The first kappa shape index (κ1) is 14.5. The first-order chi connectivity index (χ1) is 8.61. The Morgan fingerprint density at radius 1 is 1.39 bits per heavy atom. The van der Waals surface area contributed by atoms with E-state index in [1.807, 2.05) is 24.3 Å². The van der Waals surface area contributed by atoms with Crippen LogP contribution in [0.5, 0.6) is 5.75 Å². The van der Waals surface area contributed by atoms with Crippen LogP contribution in [0.2, 0.25) is 0 Å². The van der Waals surface area contributed by atoms with Crippen LogP contribution < -0.4 is 10.1 Å². The van der Waals surface area contributed by atoms with E-state index >= 15 is 0 Å². The van der Waals surface area contributed by atoms with Crippen molar-refractivity contribution in [1.82, 2.24) is 5.32 Å². The van der Waals surface area contributed by atoms with Crippen LogP contribution >= 0.6 is 0 Å². The molecule has 0 aliphatic heterocycles. The summed E-state index contributed by atoms with van der Waals surface area (Å²) in [5.74, 6) is 0.823. The molecule has 4 heteroatoms.